The number of hydrogen-bond acceptors (Lipinski definition) is 2. The molecule has 0 bridgehead atoms. The molecule has 1 aromatic rings. The van der Waals surface area contributed by atoms with E-state index in [4.69, 9.17) is 5.73 Å². The second-order valence-corrected chi connectivity index (χ2v) is 8.22. The lowest BCUT2D eigenvalue weighted by Crippen LogP contribution is -2.26. The van der Waals surface area contributed by atoms with Crippen LogP contribution in [0.4, 0.5) is 0 Å². The molecule has 1 aromatic carbocycles. The second-order valence-electron chi connectivity index (χ2n) is 5.86. The summed E-state index contributed by atoms with van der Waals surface area (Å²) in [6.07, 6.45) is 5.49. The van der Waals surface area contributed by atoms with E-state index in [9.17, 15) is 0 Å². The highest BCUT2D eigenvalue weighted by molar-refractivity contribution is 9.10. The van der Waals surface area contributed by atoms with E-state index in [1.807, 2.05) is 0 Å². The van der Waals surface area contributed by atoms with E-state index in [2.05, 4.69) is 65.8 Å². The van der Waals surface area contributed by atoms with Crippen molar-refractivity contribution in [2.24, 2.45) is 11.7 Å². The van der Waals surface area contributed by atoms with Gasteiger partial charge >= 0.3 is 0 Å². The fraction of sp³-hybridized carbons (Fsp3) is 0.625. The van der Waals surface area contributed by atoms with Crippen molar-refractivity contribution < 1.29 is 0 Å². The molecule has 1 aliphatic carbocycles. The van der Waals surface area contributed by atoms with Crippen molar-refractivity contribution in [3.05, 3.63) is 34.3 Å². The van der Waals surface area contributed by atoms with Crippen molar-refractivity contribution in [1.82, 2.24) is 0 Å². The zero-order valence-corrected chi connectivity index (χ0v) is 14.2. The Morgan fingerprint density at radius 1 is 1.26 bits per heavy atom. The van der Waals surface area contributed by atoms with E-state index < -0.39 is 0 Å². The van der Waals surface area contributed by atoms with E-state index >= 15 is 0 Å². The van der Waals surface area contributed by atoms with Crippen molar-refractivity contribution in [3.8, 4) is 0 Å². The Balaban J connectivity index is 2.05. The first-order valence-corrected chi connectivity index (χ1v) is 8.96. The van der Waals surface area contributed by atoms with Crippen molar-refractivity contribution in [2.75, 3.05) is 0 Å². The van der Waals surface area contributed by atoms with E-state index in [1.54, 1.807) is 0 Å². The normalized spacial score (nSPS) is 26.9. The van der Waals surface area contributed by atoms with Gasteiger partial charge < -0.3 is 5.73 Å². The average molecular weight is 342 g/mol. The summed E-state index contributed by atoms with van der Waals surface area (Å²) in [6, 6.07) is 8.85. The molecule has 0 amide bonds. The van der Waals surface area contributed by atoms with Crippen LogP contribution < -0.4 is 5.73 Å². The van der Waals surface area contributed by atoms with E-state index in [0.717, 1.165) is 15.6 Å². The van der Waals surface area contributed by atoms with Crippen LogP contribution in [-0.4, -0.2) is 11.3 Å². The molecule has 0 radical (unpaired) electrons. The monoisotopic (exact) mass is 341 g/mol. The highest BCUT2D eigenvalue weighted by Crippen LogP contribution is 2.41. The van der Waals surface area contributed by atoms with Crippen LogP contribution in [0.25, 0.3) is 0 Å². The molecule has 19 heavy (non-hydrogen) atoms. The Kier molecular flexibility index (Phi) is 5.79. The second kappa shape index (κ2) is 7.14. The van der Waals surface area contributed by atoms with Crippen LogP contribution in [0.3, 0.4) is 0 Å². The first-order valence-electron chi connectivity index (χ1n) is 7.22. The molecular formula is C16H24BrNS. The molecule has 2 rings (SSSR count). The quantitative estimate of drug-likeness (QED) is 0.819. The molecule has 0 saturated heterocycles. The topological polar surface area (TPSA) is 26.0 Å². The van der Waals surface area contributed by atoms with Crippen molar-refractivity contribution in [1.29, 1.82) is 0 Å². The van der Waals surface area contributed by atoms with Crippen LogP contribution in [0, 0.1) is 5.92 Å². The molecule has 4 unspecified atom stereocenters. The summed E-state index contributed by atoms with van der Waals surface area (Å²) in [7, 11) is 0. The molecule has 1 fully saturated rings. The first-order chi connectivity index (χ1) is 9.06. The summed E-state index contributed by atoms with van der Waals surface area (Å²) in [5, 5.41) is 1.20. The molecule has 106 valence electrons. The number of halogens is 1. The number of rotatable bonds is 4. The highest BCUT2D eigenvalue weighted by Gasteiger charge is 2.25. The van der Waals surface area contributed by atoms with Crippen molar-refractivity contribution in [3.63, 3.8) is 0 Å². The molecule has 0 aliphatic heterocycles. The fourth-order valence-corrected chi connectivity index (χ4v) is 4.85. The Bertz CT molecular complexity index is 390. The highest BCUT2D eigenvalue weighted by atomic mass is 79.9. The number of thioether (sulfide) groups is 1. The van der Waals surface area contributed by atoms with E-state index in [0.29, 0.717) is 5.25 Å². The lowest BCUT2D eigenvalue weighted by atomic mass is 9.90. The molecule has 1 aliphatic rings. The van der Waals surface area contributed by atoms with Crippen LogP contribution in [0.2, 0.25) is 0 Å². The maximum Gasteiger partial charge on any atom is 0.0448 e. The summed E-state index contributed by atoms with van der Waals surface area (Å²) in [6.45, 7) is 4.51. The molecule has 0 heterocycles. The maximum atomic E-state index is 6.23. The molecule has 0 spiro atoms. The summed E-state index contributed by atoms with van der Waals surface area (Å²) >= 11 is 5.60. The summed E-state index contributed by atoms with van der Waals surface area (Å²) in [5.41, 5.74) is 7.59. The smallest absolute Gasteiger partial charge is 0.0448 e. The summed E-state index contributed by atoms with van der Waals surface area (Å²) in [4.78, 5) is 0. The van der Waals surface area contributed by atoms with Gasteiger partial charge in [-0.1, -0.05) is 47.8 Å². The SMILES string of the molecule is CC1CCCC(SC(c2ccc(Br)cc2)C(C)N)C1. The van der Waals surface area contributed by atoms with Gasteiger partial charge in [0.15, 0.2) is 0 Å². The molecule has 0 aromatic heterocycles. The van der Waals surface area contributed by atoms with Crippen LogP contribution in [-0.2, 0) is 0 Å². The Hall–Kier alpha value is 0.01000. The number of hydrogen-bond donors (Lipinski definition) is 1. The van der Waals surface area contributed by atoms with Crippen molar-refractivity contribution >= 4 is 27.7 Å². The van der Waals surface area contributed by atoms with Gasteiger partial charge in [0.1, 0.15) is 0 Å². The molecule has 1 nitrogen and oxygen atoms in total. The van der Waals surface area contributed by atoms with Gasteiger partial charge in [0.2, 0.25) is 0 Å². The van der Waals surface area contributed by atoms with Crippen LogP contribution in [0.5, 0.6) is 0 Å². The molecular weight excluding hydrogens is 318 g/mol. The zero-order chi connectivity index (χ0) is 13.8. The van der Waals surface area contributed by atoms with Gasteiger partial charge in [-0.25, -0.2) is 0 Å². The molecule has 1 saturated carbocycles. The minimum Gasteiger partial charge on any atom is -0.327 e. The standard InChI is InChI=1S/C16H24BrNS/c1-11-4-3-5-15(10-11)19-16(12(2)18)13-6-8-14(17)9-7-13/h6-9,11-12,15-16H,3-5,10,18H2,1-2H3. The van der Waals surface area contributed by atoms with Crippen LogP contribution in [0.1, 0.15) is 50.3 Å². The largest absolute Gasteiger partial charge is 0.327 e. The fourth-order valence-electron chi connectivity index (χ4n) is 2.87. The van der Waals surface area contributed by atoms with Gasteiger partial charge in [0.25, 0.3) is 0 Å². The number of nitrogens with two attached hydrogens (primary N) is 1. The Morgan fingerprint density at radius 2 is 1.95 bits per heavy atom. The van der Waals surface area contributed by atoms with E-state index in [1.165, 1.54) is 31.2 Å². The molecule has 2 N–H and O–H groups in total. The van der Waals surface area contributed by atoms with E-state index in [-0.39, 0.29) is 6.04 Å². The molecule has 3 heteroatoms. The van der Waals surface area contributed by atoms with Gasteiger partial charge in [0.05, 0.1) is 0 Å². The predicted molar refractivity (Wildman–Crippen MR) is 89.5 cm³/mol. The van der Waals surface area contributed by atoms with Crippen molar-refractivity contribution in [2.45, 2.75) is 56.1 Å². The zero-order valence-electron chi connectivity index (χ0n) is 11.8. The minimum absolute atomic E-state index is 0.198. The average Bonchev–Trinajstić information content (AvgIpc) is 2.37. The van der Waals surface area contributed by atoms with Crippen LogP contribution in [0.15, 0.2) is 28.7 Å². The van der Waals surface area contributed by atoms with Crippen LogP contribution >= 0.6 is 27.7 Å². The lowest BCUT2D eigenvalue weighted by molar-refractivity contribution is 0.393. The van der Waals surface area contributed by atoms with Gasteiger partial charge in [-0.15, -0.1) is 11.8 Å². The summed E-state index contributed by atoms with van der Waals surface area (Å²) in [5.74, 6) is 0.880. The third-order valence-corrected chi connectivity index (χ3v) is 6.24. The first kappa shape index (κ1) is 15.4. The van der Waals surface area contributed by atoms with Gasteiger partial charge in [-0.2, -0.15) is 0 Å². The molecule has 4 atom stereocenters. The predicted octanol–water partition coefficient (Wildman–Crippen LogP) is 5.15. The lowest BCUT2D eigenvalue weighted by Gasteiger charge is -2.31. The third kappa shape index (κ3) is 4.51. The Morgan fingerprint density at radius 3 is 2.53 bits per heavy atom. The van der Waals surface area contributed by atoms with Gasteiger partial charge in [-0.05, 0) is 43.4 Å². The Labute approximate surface area is 129 Å². The summed E-state index contributed by atoms with van der Waals surface area (Å²) < 4.78 is 1.14. The minimum atomic E-state index is 0.198. The van der Waals surface area contributed by atoms with Gasteiger partial charge in [-0.3, -0.25) is 0 Å². The third-order valence-electron chi connectivity index (χ3n) is 3.90. The number of benzene rings is 1. The van der Waals surface area contributed by atoms with Gasteiger partial charge in [0, 0.05) is 21.0 Å². The maximum absolute atomic E-state index is 6.23.